The minimum Gasteiger partial charge on any atom is -0.508 e. The van der Waals surface area contributed by atoms with Crippen molar-refractivity contribution in [2.24, 2.45) is 0 Å². The normalized spacial score (nSPS) is 8.93. The lowest BCUT2D eigenvalue weighted by atomic mass is 10.2. The molecule has 0 fully saturated rings. The number of carboxylic acids is 1. The van der Waals surface area contributed by atoms with E-state index in [4.69, 9.17) is 20.5 Å². The van der Waals surface area contributed by atoms with E-state index in [1.807, 2.05) is 0 Å². The van der Waals surface area contributed by atoms with E-state index < -0.39 is 29.1 Å². The van der Waals surface area contributed by atoms with Gasteiger partial charge < -0.3 is 20.5 Å². The third kappa shape index (κ3) is 10.5. The van der Waals surface area contributed by atoms with Crippen molar-refractivity contribution < 1.29 is 43.7 Å². The number of nitrogens with one attached hydrogen (secondary N) is 1. The number of hydrogen-bond acceptors (Lipinski definition) is 7. The topological polar surface area (TPSA) is 140 Å². The molecule has 0 aliphatic carbocycles. The van der Waals surface area contributed by atoms with Gasteiger partial charge in [-0.25, -0.2) is 24.1 Å². The van der Waals surface area contributed by atoms with Gasteiger partial charge in [-0.3, -0.25) is 9.63 Å². The number of rotatable bonds is 3. The molecule has 0 unspecified atom stereocenters. The van der Waals surface area contributed by atoms with Crippen molar-refractivity contribution in [2.45, 2.75) is 0 Å². The first-order valence-corrected chi connectivity index (χ1v) is 8.55. The van der Waals surface area contributed by atoms with E-state index >= 15 is 0 Å². The molecule has 2 rings (SSSR count). The molecule has 12 heteroatoms. The Morgan fingerprint density at radius 2 is 1.37 bits per heavy atom. The zero-order valence-electron chi connectivity index (χ0n) is 16.6. The third-order valence-corrected chi connectivity index (χ3v) is 2.92. The van der Waals surface area contributed by atoms with Crippen LogP contribution in [0.25, 0.3) is 0 Å². The van der Waals surface area contributed by atoms with Crippen LogP contribution in [0.2, 0.25) is 0 Å². The molecule has 1 amide bonds. The molecule has 0 radical (unpaired) electrons. The molecule has 0 aliphatic heterocycles. The van der Waals surface area contributed by atoms with Gasteiger partial charge in [-0.05, 0) is 36.4 Å². The SMILES string of the molecule is CCl.CNO.CON(C)C(=O)c1cc(O)ccc1F.O=C(O)c1cc(O)ccc1F. The first kappa shape index (κ1) is 29.2. The number of carbonyl (C=O) groups is 2. The van der Waals surface area contributed by atoms with Crippen LogP contribution in [0.15, 0.2) is 36.4 Å². The Bertz CT molecular complexity index is 810. The number of amides is 1. The fourth-order valence-electron chi connectivity index (χ4n) is 1.61. The Labute approximate surface area is 176 Å². The van der Waals surface area contributed by atoms with Crippen LogP contribution in [0.4, 0.5) is 8.78 Å². The summed E-state index contributed by atoms with van der Waals surface area (Å²) in [6.45, 7) is 0. The molecule has 0 spiro atoms. The molecule has 0 aromatic heterocycles. The molecule has 0 heterocycles. The fourth-order valence-corrected chi connectivity index (χ4v) is 1.61. The number of hydroxylamine groups is 3. The highest BCUT2D eigenvalue weighted by molar-refractivity contribution is 6.15. The van der Waals surface area contributed by atoms with Crippen LogP contribution in [-0.2, 0) is 4.84 Å². The molecule has 168 valence electrons. The molecular weight excluding hydrogens is 430 g/mol. The lowest BCUT2D eigenvalue weighted by Crippen LogP contribution is -2.26. The predicted molar refractivity (Wildman–Crippen MR) is 105 cm³/mol. The van der Waals surface area contributed by atoms with Gasteiger partial charge in [0.05, 0.1) is 18.2 Å². The first-order chi connectivity index (χ1) is 14.1. The predicted octanol–water partition coefficient (Wildman–Crippen LogP) is 2.84. The minimum absolute atomic E-state index is 0.167. The summed E-state index contributed by atoms with van der Waals surface area (Å²) in [5, 5.41) is 34.4. The maximum atomic E-state index is 13.1. The Kier molecular flexibility index (Phi) is 15.5. The van der Waals surface area contributed by atoms with Crippen molar-refractivity contribution in [1.82, 2.24) is 10.5 Å². The Morgan fingerprint density at radius 1 is 1.00 bits per heavy atom. The van der Waals surface area contributed by atoms with E-state index in [-0.39, 0.29) is 17.1 Å². The van der Waals surface area contributed by atoms with E-state index in [0.29, 0.717) is 0 Å². The van der Waals surface area contributed by atoms with Crippen molar-refractivity contribution in [2.75, 3.05) is 27.6 Å². The standard InChI is InChI=1S/C9H10FNO3.C7H5FO3.CH3Cl.CH5NO/c1-11(14-2)9(13)7-5-6(12)3-4-8(7)10;8-6-2-1-4(9)3-5(6)7(10)11;1-2;1-2-3/h3-5,12H,1-2H3;1-3,9H,(H,10,11);1H3;2-3H,1H3. The van der Waals surface area contributed by atoms with Gasteiger partial charge in [-0.2, -0.15) is 0 Å². The van der Waals surface area contributed by atoms with Gasteiger partial charge in [0, 0.05) is 20.5 Å². The van der Waals surface area contributed by atoms with E-state index in [1.165, 1.54) is 33.7 Å². The number of halogens is 3. The summed E-state index contributed by atoms with van der Waals surface area (Å²) in [6, 6.07) is 6.08. The van der Waals surface area contributed by atoms with Gasteiger partial charge >= 0.3 is 5.97 Å². The number of phenols is 2. The van der Waals surface area contributed by atoms with Crippen LogP contribution < -0.4 is 5.48 Å². The van der Waals surface area contributed by atoms with Crippen LogP contribution in [0.5, 0.6) is 11.5 Å². The van der Waals surface area contributed by atoms with Crippen molar-refractivity contribution in [3.8, 4) is 11.5 Å². The molecule has 30 heavy (non-hydrogen) atoms. The Morgan fingerprint density at radius 3 is 1.70 bits per heavy atom. The van der Waals surface area contributed by atoms with E-state index in [0.717, 1.165) is 35.4 Å². The zero-order chi connectivity index (χ0) is 23.9. The highest BCUT2D eigenvalue weighted by Crippen LogP contribution is 2.17. The Balaban J connectivity index is 0. The molecule has 0 saturated heterocycles. The number of aromatic hydroxyl groups is 2. The summed E-state index contributed by atoms with van der Waals surface area (Å²) in [5.41, 5.74) is 0.999. The van der Waals surface area contributed by atoms with E-state index in [9.17, 15) is 18.4 Å². The zero-order valence-corrected chi connectivity index (χ0v) is 17.3. The number of benzene rings is 2. The van der Waals surface area contributed by atoms with Crippen LogP contribution in [-0.4, -0.2) is 65.1 Å². The highest BCUT2D eigenvalue weighted by Gasteiger charge is 2.16. The fraction of sp³-hybridized carbons (Fsp3) is 0.222. The molecule has 2 aromatic carbocycles. The van der Waals surface area contributed by atoms with Crippen LogP contribution in [0, 0.1) is 11.6 Å². The van der Waals surface area contributed by atoms with Gasteiger partial charge in [-0.15, -0.1) is 11.6 Å². The number of alkyl halides is 1. The summed E-state index contributed by atoms with van der Waals surface area (Å²) in [6.07, 6.45) is 1.47. The second-order valence-corrected chi connectivity index (χ2v) is 4.84. The second kappa shape index (κ2) is 15.9. The van der Waals surface area contributed by atoms with Crippen LogP contribution >= 0.6 is 11.6 Å². The number of carboxylic acid groups (broad SMARTS) is 1. The lowest BCUT2D eigenvalue weighted by molar-refractivity contribution is -0.0759. The van der Waals surface area contributed by atoms with Gasteiger partial charge in [0.25, 0.3) is 5.91 Å². The van der Waals surface area contributed by atoms with Crippen LogP contribution in [0.3, 0.4) is 0 Å². The Hall–Kier alpha value is -2.99. The second-order valence-electron chi connectivity index (χ2n) is 4.84. The quantitative estimate of drug-likeness (QED) is 0.354. The maximum Gasteiger partial charge on any atom is 0.338 e. The van der Waals surface area contributed by atoms with Crippen LogP contribution in [0.1, 0.15) is 20.7 Å². The summed E-state index contributed by atoms with van der Waals surface area (Å²) >= 11 is 4.64. The summed E-state index contributed by atoms with van der Waals surface area (Å²) < 4.78 is 25.6. The number of aromatic carboxylic acids is 1. The van der Waals surface area contributed by atoms with Gasteiger partial charge in [0.15, 0.2) is 0 Å². The largest absolute Gasteiger partial charge is 0.508 e. The average Bonchev–Trinajstić information content (AvgIpc) is 2.72. The van der Waals surface area contributed by atoms with Gasteiger partial charge in [0.2, 0.25) is 0 Å². The molecule has 2 aromatic rings. The number of phenolic OH excluding ortho intramolecular Hbond substituents is 2. The first-order valence-electron chi connectivity index (χ1n) is 7.80. The maximum absolute atomic E-state index is 13.1. The highest BCUT2D eigenvalue weighted by atomic mass is 35.5. The smallest absolute Gasteiger partial charge is 0.338 e. The van der Waals surface area contributed by atoms with Gasteiger partial charge in [0.1, 0.15) is 23.1 Å². The van der Waals surface area contributed by atoms with Crippen molar-refractivity contribution in [3.63, 3.8) is 0 Å². The monoisotopic (exact) mass is 452 g/mol. The molecule has 5 N–H and O–H groups in total. The summed E-state index contributed by atoms with van der Waals surface area (Å²) in [7, 11) is 4.07. The molecular formula is C18H23ClF2N2O7. The molecule has 9 nitrogen and oxygen atoms in total. The summed E-state index contributed by atoms with van der Waals surface area (Å²) in [4.78, 5) is 26.2. The molecule has 0 aliphatic rings. The minimum atomic E-state index is -1.39. The number of nitrogens with zero attached hydrogens (tertiary/aromatic N) is 1. The van der Waals surface area contributed by atoms with Crippen molar-refractivity contribution in [1.29, 1.82) is 0 Å². The number of carbonyl (C=O) groups excluding carboxylic acids is 1. The summed E-state index contributed by atoms with van der Waals surface area (Å²) in [5.74, 6) is -4.02. The molecule has 0 saturated carbocycles. The van der Waals surface area contributed by atoms with Crippen molar-refractivity contribution >= 4 is 23.5 Å². The van der Waals surface area contributed by atoms with Gasteiger partial charge in [-0.1, -0.05) is 0 Å². The third-order valence-electron chi connectivity index (χ3n) is 2.92. The van der Waals surface area contributed by atoms with E-state index in [1.54, 1.807) is 5.48 Å². The average molecular weight is 453 g/mol. The lowest BCUT2D eigenvalue weighted by Gasteiger charge is -2.13. The van der Waals surface area contributed by atoms with Crippen molar-refractivity contribution in [3.05, 3.63) is 59.2 Å². The molecule has 0 bridgehead atoms. The molecule has 0 atom stereocenters. The number of hydrogen-bond donors (Lipinski definition) is 5. The van der Waals surface area contributed by atoms with E-state index in [2.05, 4.69) is 16.4 Å².